The number of carbonyl (C=O) groups is 1. The van der Waals surface area contributed by atoms with Gasteiger partial charge in [-0.05, 0) is 36.4 Å². The Morgan fingerprint density at radius 3 is 2.54 bits per heavy atom. The second kappa shape index (κ2) is 8.09. The van der Waals surface area contributed by atoms with E-state index in [4.69, 9.17) is 16.3 Å². The number of rotatable bonds is 7. The molecular formula is C15H16ClN3O4S. The lowest BCUT2D eigenvalue weighted by Crippen LogP contribution is -2.34. The second-order valence-corrected chi connectivity index (χ2v) is 6.85. The summed E-state index contributed by atoms with van der Waals surface area (Å²) in [5.74, 6) is 0.208. The summed E-state index contributed by atoms with van der Waals surface area (Å²) >= 11 is 5.71. The molecule has 1 aromatic heterocycles. The maximum atomic E-state index is 12.1. The van der Waals surface area contributed by atoms with E-state index >= 15 is 0 Å². The summed E-state index contributed by atoms with van der Waals surface area (Å²) in [6.45, 7) is 0.188. The van der Waals surface area contributed by atoms with Crippen molar-refractivity contribution in [1.29, 1.82) is 0 Å². The molecule has 0 aliphatic heterocycles. The number of carbonyl (C=O) groups excluding carboxylic acids is 1. The van der Waals surface area contributed by atoms with Crippen molar-refractivity contribution >= 4 is 27.5 Å². The van der Waals surface area contributed by atoms with Gasteiger partial charge in [0.2, 0.25) is 10.0 Å². The first-order valence-electron chi connectivity index (χ1n) is 6.96. The first-order chi connectivity index (χ1) is 11.4. The highest BCUT2D eigenvalue weighted by Gasteiger charge is 2.13. The molecule has 0 saturated heterocycles. The van der Waals surface area contributed by atoms with Gasteiger partial charge in [0.25, 0.3) is 5.91 Å². The maximum Gasteiger partial charge on any atom is 0.251 e. The number of halogens is 1. The minimum absolute atomic E-state index is 0.0545. The molecule has 2 aromatic rings. The monoisotopic (exact) mass is 369 g/mol. The van der Waals surface area contributed by atoms with Crippen LogP contribution in [0.5, 0.6) is 5.75 Å². The van der Waals surface area contributed by atoms with E-state index in [1.54, 1.807) is 12.1 Å². The lowest BCUT2D eigenvalue weighted by atomic mass is 10.2. The summed E-state index contributed by atoms with van der Waals surface area (Å²) < 4.78 is 31.6. The summed E-state index contributed by atoms with van der Waals surface area (Å²) in [5.41, 5.74) is 0.355. The number of hydrogen-bond donors (Lipinski definition) is 2. The molecule has 1 amide bonds. The van der Waals surface area contributed by atoms with Gasteiger partial charge in [0.15, 0.2) is 0 Å². The summed E-state index contributed by atoms with van der Waals surface area (Å²) in [5, 5.41) is 2.81. The Hall–Kier alpha value is -2.16. The minimum atomic E-state index is -3.64. The van der Waals surface area contributed by atoms with Gasteiger partial charge in [0.1, 0.15) is 10.9 Å². The Kier molecular flexibility index (Phi) is 6.13. The van der Waals surface area contributed by atoms with Gasteiger partial charge in [-0.1, -0.05) is 11.6 Å². The third-order valence-corrected chi connectivity index (χ3v) is 4.74. The van der Waals surface area contributed by atoms with Crippen LogP contribution in [0.15, 0.2) is 47.5 Å². The Morgan fingerprint density at radius 2 is 1.92 bits per heavy atom. The van der Waals surface area contributed by atoms with Crippen molar-refractivity contribution in [2.45, 2.75) is 4.90 Å². The predicted octanol–water partition coefficient (Wildman–Crippen LogP) is 1.45. The molecule has 0 spiro atoms. The summed E-state index contributed by atoms with van der Waals surface area (Å²) in [6.07, 6.45) is 1.42. The molecule has 0 aliphatic carbocycles. The molecule has 24 heavy (non-hydrogen) atoms. The standard InChI is InChI=1S/C15H16ClN3O4S/c1-23-12-2-4-13(5-3-12)24(21,22)19-9-8-18-15(20)11-6-7-17-14(16)10-11/h2-7,10,19H,8-9H2,1H3,(H,18,20). The smallest absolute Gasteiger partial charge is 0.251 e. The molecule has 2 rings (SSSR count). The number of methoxy groups -OCH3 is 1. The van der Waals surface area contributed by atoms with Gasteiger partial charge in [0, 0.05) is 24.8 Å². The first kappa shape index (κ1) is 18.2. The van der Waals surface area contributed by atoms with Crippen LogP contribution in [0.1, 0.15) is 10.4 Å². The Bertz CT molecular complexity index is 810. The highest BCUT2D eigenvalue weighted by atomic mass is 35.5. The van der Waals surface area contributed by atoms with Gasteiger partial charge < -0.3 is 10.1 Å². The van der Waals surface area contributed by atoms with E-state index in [1.165, 1.54) is 37.6 Å². The fraction of sp³-hybridized carbons (Fsp3) is 0.200. The molecule has 0 saturated carbocycles. The van der Waals surface area contributed by atoms with Crippen molar-refractivity contribution in [3.8, 4) is 5.75 Å². The number of amides is 1. The average molecular weight is 370 g/mol. The van der Waals surface area contributed by atoms with Crippen molar-refractivity contribution in [1.82, 2.24) is 15.0 Å². The lowest BCUT2D eigenvalue weighted by Gasteiger charge is -2.09. The van der Waals surface area contributed by atoms with Crippen molar-refractivity contribution < 1.29 is 17.9 Å². The lowest BCUT2D eigenvalue weighted by molar-refractivity contribution is 0.0954. The normalized spacial score (nSPS) is 11.1. The SMILES string of the molecule is COc1ccc(S(=O)(=O)NCCNC(=O)c2ccnc(Cl)c2)cc1. The molecule has 0 atom stereocenters. The molecular weight excluding hydrogens is 354 g/mol. The number of hydrogen-bond acceptors (Lipinski definition) is 5. The number of pyridine rings is 1. The summed E-state index contributed by atoms with van der Waals surface area (Å²) in [6, 6.07) is 8.95. The molecule has 0 aliphatic rings. The Labute approximate surface area is 145 Å². The zero-order chi connectivity index (χ0) is 17.6. The summed E-state index contributed by atoms with van der Waals surface area (Å²) in [7, 11) is -2.14. The molecule has 7 nitrogen and oxygen atoms in total. The van der Waals surface area contributed by atoms with Crippen LogP contribution in [0.2, 0.25) is 5.15 Å². The van der Waals surface area contributed by atoms with Gasteiger partial charge in [-0.25, -0.2) is 18.1 Å². The quantitative estimate of drug-likeness (QED) is 0.568. The molecule has 2 N–H and O–H groups in total. The van der Waals surface area contributed by atoms with Gasteiger partial charge in [-0.2, -0.15) is 0 Å². The second-order valence-electron chi connectivity index (χ2n) is 4.70. The molecule has 0 unspecified atom stereocenters. The molecule has 0 fully saturated rings. The third-order valence-electron chi connectivity index (χ3n) is 3.06. The number of aromatic nitrogens is 1. The highest BCUT2D eigenvalue weighted by Crippen LogP contribution is 2.15. The van der Waals surface area contributed by atoms with Gasteiger partial charge in [0.05, 0.1) is 12.0 Å². The highest BCUT2D eigenvalue weighted by molar-refractivity contribution is 7.89. The fourth-order valence-electron chi connectivity index (χ4n) is 1.85. The largest absolute Gasteiger partial charge is 0.497 e. The molecule has 1 aromatic carbocycles. The van der Waals surface area contributed by atoms with E-state index in [2.05, 4.69) is 15.0 Å². The summed E-state index contributed by atoms with van der Waals surface area (Å²) in [4.78, 5) is 15.8. The van der Waals surface area contributed by atoms with Crippen molar-refractivity contribution in [3.63, 3.8) is 0 Å². The molecule has 0 bridgehead atoms. The molecule has 1 heterocycles. The molecule has 128 valence electrons. The third kappa shape index (κ3) is 4.92. The van der Waals surface area contributed by atoms with Crippen LogP contribution in [-0.2, 0) is 10.0 Å². The van der Waals surface area contributed by atoms with E-state index in [-0.39, 0.29) is 29.0 Å². The predicted molar refractivity (Wildman–Crippen MR) is 89.8 cm³/mol. The Balaban J connectivity index is 1.85. The van der Waals surface area contributed by atoms with Crippen LogP contribution in [-0.4, -0.2) is 39.5 Å². The number of nitrogens with zero attached hydrogens (tertiary/aromatic N) is 1. The van der Waals surface area contributed by atoms with E-state index in [1.807, 2.05) is 0 Å². The van der Waals surface area contributed by atoms with E-state index in [0.29, 0.717) is 11.3 Å². The van der Waals surface area contributed by atoms with E-state index < -0.39 is 10.0 Å². The van der Waals surface area contributed by atoms with Crippen LogP contribution in [0, 0.1) is 0 Å². The van der Waals surface area contributed by atoms with Crippen molar-refractivity contribution in [2.75, 3.05) is 20.2 Å². The van der Waals surface area contributed by atoms with Gasteiger partial charge >= 0.3 is 0 Å². The Morgan fingerprint density at radius 1 is 1.21 bits per heavy atom. The van der Waals surface area contributed by atoms with E-state index in [0.717, 1.165) is 0 Å². The zero-order valence-corrected chi connectivity index (χ0v) is 14.4. The molecule has 0 radical (unpaired) electrons. The topological polar surface area (TPSA) is 97.4 Å². The number of ether oxygens (including phenoxy) is 1. The van der Waals surface area contributed by atoms with Crippen molar-refractivity contribution in [3.05, 3.63) is 53.3 Å². The minimum Gasteiger partial charge on any atom is -0.497 e. The molecule has 9 heteroatoms. The van der Waals surface area contributed by atoms with E-state index in [9.17, 15) is 13.2 Å². The van der Waals surface area contributed by atoms with Gasteiger partial charge in [-0.15, -0.1) is 0 Å². The van der Waals surface area contributed by atoms with Crippen LogP contribution in [0.25, 0.3) is 0 Å². The van der Waals surface area contributed by atoms with Crippen LogP contribution in [0.3, 0.4) is 0 Å². The zero-order valence-electron chi connectivity index (χ0n) is 12.8. The first-order valence-corrected chi connectivity index (χ1v) is 8.82. The maximum absolute atomic E-state index is 12.1. The average Bonchev–Trinajstić information content (AvgIpc) is 2.58. The van der Waals surface area contributed by atoms with Crippen LogP contribution < -0.4 is 14.8 Å². The fourth-order valence-corrected chi connectivity index (χ4v) is 3.05. The number of benzene rings is 1. The number of sulfonamides is 1. The van der Waals surface area contributed by atoms with Crippen LogP contribution in [0.4, 0.5) is 0 Å². The number of nitrogens with one attached hydrogen (secondary N) is 2. The van der Waals surface area contributed by atoms with Crippen molar-refractivity contribution in [2.24, 2.45) is 0 Å². The van der Waals surface area contributed by atoms with Gasteiger partial charge in [-0.3, -0.25) is 4.79 Å². The van der Waals surface area contributed by atoms with Crippen LogP contribution >= 0.6 is 11.6 Å².